The van der Waals surface area contributed by atoms with Crippen molar-refractivity contribution in [3.05, 3.63) is 72.3 Å². The molecule has 3 aromatic rings. The summed E-state index contributed by atoms with van der Waals surface area (Å²) in [6, 6.07) is 23.0. The van der Waals surface area contributed by atoms with E-state index in [1.54, 1.807) is 0 Å². The average molecular weight is 647 g/mol. The molecule has 0 aliphatic rings. The van der Waals surface area contributed by atoms with Crippen LogP contribution in [0.1, 0.15) is 122 Å². The van der Waals surface area contributed by atoms with Gasteiger partial charge in [0.2, 0.25) is 0 Å². The van der Waals surface area contributed by atoms with Crippen molar-refractivity contribution < 1.29 is 24.4 Å². The first-order valence-electron chi connectivity index (χ1n) is 18.6. The zero-order valence-electron chi connectivity index (χ0n) is 29.4. The summed E-state index contributed by atoms with van der Waals surface area (Å²) in [7, 11) is 0. The first kappa shape index (κ1) is 38.6. The molecule has 0 aromatic heterocycles. The molecule has 0 heterocycles. The normalized spacial score (nSPS) is 11.9. The van der Waals surface area contributed by atoms with Crippen molar-refractivity contribution in [2.75, 3.05) is 26.4 Å². The molecule has 0 aliphatic heterocycles. The highest BCUT2D eigenvalue weighted by molar-refractivity contribution is 5.74. The standard InChI is InChI=1S/C42H62O5/c1-3-5-7-9-11-13-15-17-29-46-40-24-19-35(20-25-40)37-23-28-42(38(31-37)33-45-34-39(44)32-43)36-21-26-41(27-22-36)47-30-18-16-14-12-10-8-6-4-2/h19-28,31,39,43-44H,3-18,29-30,32-34H2,1-2H3. The maximum absolute atomic E-state index is 9.82. The lowest BCUT2D eigenvalue weighted by molar-refractivity contribution is 0.000142. The number of aliphatic hydroxyl groups is 2. The number of benzene rings is 3. The zero-order chi connectivity index (χ0) is 33.4. The van der Waals surface area contributed by atoms with Gasteiger partial charge in [-0.15, -0.1) is 0 Å². The number of hydrogen-bond donors (Lipinski definition) is 2. The van der Waals surface area contributed by atoms with E-state index in [9.17, 15) is 10.2 Å². The molecule has 47 heavy (non-hydrogen) atoms. The lowest BCUT2D eigenvalue weighted by Gasteiger charge is -2.15. The minimum Gasteiger partial charge on any atom is -0.494 e. The van der Waals surface area contributed by atoms with E-state index in [0.717, 1.165) is 65.4 Å². The number of ether oxygens (including phenoxy) is 3. The topological polar surface area (TPSA) is 68.2 Å². The van der Waals surface area contributed by atoms with Gasteiger partial charge in [-0.05, 0) is 71.0 Å². The van der Waals surface area contributed by atoms with E-state index in [-0.39, 0.29) is 13.2 Å². The summed E-state index contributed by atoms with van der Waals surface area (Å²) in [6.45, 7) is 6.12. The Hall–Kier alpha value is -2.86. The van der Waals surface area contributed by atoms with Gasteiger partial charge in [-0.2, -0.15) is 0 Å². The molecule has 0 fully saturated rings. The number of rotatable bonds is 27. The van der Waals surface area contributed by atoms with Crippen LogP contribution in [-0.4, -0.2) is 42.7 Å². The van der Waals surface area contributed by atoms with Gasteiger partial charge in [0.1, 0.15) is 17.6 Å². The first-order chi connectivity index (χ1) is 23.1. The smallest absolute Gasteiger partial charge is 0.119 e. The third-order valence-corrected chi connectivity index (χ3v) is 8.77. The Balaban J connectivity index is 1.54. The lowest BCUT2D eigenvalue weighted by atomic mass is 9.95. The molecule has 0 saturated carbocycles. The van der Waals surface area contributed by atoms with Gasteiger partial charge in [0.15, 0.2) is 0 Å². The fourth-order valence-electron chi connectivity index (χ4n) is 5.86. The van der Waals surface area contributed by atoms with Crippen LogP contribution in [0.3, 0.4) is 0 Å². The van der Waals surface area contributed by atoms with E-state index in [0.29, 0.717) is 6.61 Å². The van der Waals surface area contributed by atoms with Gasteiger partial charge in [-0.3, -0.25) is 0 Å². The van der Waals surface area contributed by atoms with E-state index < -0.39 is 6.10 Å². The van der Waals surface area contributed by atoms with Gasteiger partial charge >= 0.3 is 0 Å². The van der Waals surface area contributed by atoms with Crippen LogP contribution in [0, 0.1) is 0 Å². The van der Waals surface area contributed by atoms with Crippen molar-refractivity contribution in [2.45, 2.75) is 129 Å². The summed E-state index contributed by atoms with van der Waals surface area (Å²) in [5, 5.41) is 19.0. The van der Waals surface area contributed by atoms with Gasteiger partial charge in [0.25, 0.3) is 0 Å². The summed E-state index contributed by atoms with van der Waals surface area (Å²) >= 11 is 0. The van der Waals surface area contributed by atoms with Crippen LogP contribution in [0.5, 0.6) is 11.5 Å². The zero-order valence-corrected chi connectivity index (χ0v) is 29.4. The van der Waals surface area contributed by atoms with E-state index in [4.69, 9.17) is 14.2 Å². The van der Waals surface area contributed by atoms with Crippen molar-refractivity contribution in [3.63, 3.8) is 0 Å². The molecule has 3 rings (SSSR count). The first-order valence-corrected chi connectivity index (χ1v) is 18.6. The molecular weight excluding hydrogens is 584 g/mol. The van der Waals surface area contributed by atoms with Crippen LogP contribution >= 0.6 is 0 Å². The molecule has 3 aromatic carbocycles. The second kappa shape index (κ2) is 24.3. The van der Waals surface area contributed by atoms with Gasteiger partial charge in [-0.1, -0.05) is 140 Å². The highest BCUT2D eigenvalue weighted by Crippen LogP contribution is 2.32. The minimum absolute atomic E-state index is 0.0799. The molecule has 0 aliphatic carbocycles. The average Bonchev–Trinajstić information content (AvgIpc) is 3.10. The molecule has 5 nitrogen and oxygen atoms in total. The highest BCUT2D eigenvalue weighted by atomic mass is 16.5. The van der Waals surface area contributed by atoms with E-state index in [2.05, 4.69) is 56.3 Å². The lowest BCUT2D eigenvalue weighted by Crippen LogP contribution is -2.19. The monoisotopic (exact) mass is 646 g/mol. The fourth-order valence-corrected chi connectivity index (χ4v) is 5.86. The second-order valence-corrected chi connectivity index (χ2v) is 12.9. The fraction of sp³-hybridized carbons (Fsp3) is 0.571. The Morgan fingerprint density at radius 2 is 0.979 bits per heavy atom. The van der Waals surface area contributed by atoms with Gasteiger partial charge in [0, 0.05) is 0 Å². The third kappa shape index (κ3) is 15.7. The largest absolute Gasteiger partial charge is 0.494 e. The molecule has 0 radical (unpaired) electrons. The van der Waals surface area contributed by atoms with Gasteiger partial charge < -0.3 is 24.4 Å². The Morgan fingerprint density at radius 3 is 1.47 bits per heavy atom. The molecular formula is C42H62O5. The maximum atomic E-state index is 9.82. The SMILES string of the molecule is CCCCCCCCCCOc1ccc(-c2ccc(-c3ccc(OCCCCCCCCCC)cc3)c(COCC(O)CO)c2)cc1. The summed E-state index contributed by atoms with van der Waals surface area (Å²) in [5.74, 6) is 1.79. The third-order valence-electron chi connectivity index (χ3n) is 8.77. The molecule has 0 bridgehead atoms. The van der Waals surface area contributed by atoms with Crippen LogP contribution in [0.4, 0.5) is 0 Å². The summed E-state index contributed by atoms with van der Waals surface area (Å²) in [6.07, 6.45) is 19.7. The number of aliphatic hydroxyl groups excluding tert-OH is 2. The minimum atomic E-state index is -0.891. The van der Waals surface area contributed by atoms with Crippen molar-refractivity contribution in [3.8, 4) is 33.8 Å². The molecule has 0 saturated heterocycles. The predicted molar refractivity (Wildman–Crippen MR) is 196 cm³/mol. The van der Waals surface area contributed by atoms with Crippen molar-refractivity contribution in [2.24, 2.45) is 0 Å². The van der Waals surface area contributed by atoms with E-state index >= 15 is 0 Å². The molecule has 0 spiro atoms. The quantitative estimate of drug-likeness (QED) is 0.0807. The van der Waals surface area contributed by atoms with Crippen LogP contribution in [0.15, 0.2) is 66.7 Å². The molecule has 260 valence electrons. The van der Waals surface area contributed by atoms with E-state index in [1.807, 2.05) is 24.3 Å². The number of hydrogen-bond acceptors (Lipinski definition) is 5. The maximum Gasteiger partial charge on any atom is 0.119 e. The van der Waals surface area contributed by atoms with Gasteiger partial charge in [-0.25, -0.2) is 0 Å². The van der Waals surface area contributed by atoms with Crippen LogP contribution in [0.2, 0.25) is 0 Å². The number of unbranched alkanes of at least 4 members (excludes halogenated alkanes) is 14. The van der Waals surface area contributed by atoms with Crippen LogP contribution < -0.4 is 9.47 Å². The predicted octanol–water partition coefficient (Wildman–Crippen LogP) is 10.9. The van der Waals surface area contributed by atoms with Gasteiger partial charge in [0.05, 0.1) is 33.0 Å². The van der Waals surface area contributed by atoms with E-state index in [1.165, 1.54) is 89.9 Å². The van der Waals surface area contributed by atoms with Crippen molar-refractivity contribution >= 4 is 0 Å². The second-order valence-electron chi connectivity index (χ2n) is 12.9. The molecule has 5 heteroatoms. The Morgan fingerprint density at radius 1 is 0.532 bits per heavy atom. The summed E-state index contributed by atoms with van der Waals surface area (Å²) in [5.41, 5.74) is 5.39. The summed E-state index contributed by atoms with van der Waals surface area (Å²) < 4.78 is 17.9. The molecule has 1 unspecified atom stereocenters. The van der Waals surface area contributed by atoms with Crippen molar-refractivity contribution in [1.82, 2.24) is 0 Å². The Bertz CT molecular complexity index is 1190. The van der Waals surface area contributed by atoms with Crippen LogP contribution in [-0.2, 0) is 11.3 Å². The van der Waals surface area contributed by atoms with Crippen LogP contribution in [0.25, 0.3) is 22.3 Å². The molecule has 0 amide bonds. The highest BCUT2D eigenvalue weighted by Gasteiger charge is 2.11. The molecule has 1 atom stereocenters. The molecule has 2 N–H and O–H groups in total. The summed E-state index contributed by atoms with van der Waals surface area (Å²) in [4.78, 5) is 0. The Labute approximate surface area is 285 Å². The Kier molecular flexibility index (Phi) is 20.0. The van der Waals surface area contributed by atoms with Crippen molar-refractivity contribution in [1.29, 1.82) is 0 Å².